The van der Waals surface area contributed by atoms with Crippen molar-refractivity contribution < 1.29 is 44.3 Å². The van der Waals surface area contributed by atoms with Gasteiger partial charge in [-0.25, -0.2) is 4.79 Å². The molecule has 1 amide bonds. The van der Waals surface area contributed by atoms with Crippen molar-refractivity contribution in [2.45, 2.75) is 107 Å². The molecule has 1 spiro atoms. The SMILES string of the molecule is CC=C(CCO)C(=O)OC1(C)CC=C2CSSCC3C(C[NH2+]C)CN3C(=O)CC3C[NH2+]C(N)CC3C2C12CC1CC3CCC(=O)OC3CC1O2. The van der Waals surface area contributed by atoms with Crippen molar-refractivity contribution in [3.63, 3.8) is 0 Å². The summed E-state index contributed by atoms with van der Waals surface area (Å²) in [4.78, 5) is 42.5. The molecule has 50 heavy (non-hydrogen) atoms. The Labute approximate surface area is 304 Å². The summed E-state index contributed by atoms with van der Waals surface area (Å²) in [6, 6.07) is 0.271. The van der Waals surface area contributed by atoms with Crippen molar-refractivity contribution in [2.24, 2.45) is 41.2 Å². The zero-order valence-electron chi connectivity index (χ0n) is 29.9. The number of hydrogen-bond donors (Lipinski definition) is 4. The Kier molecular flexibility index (Phi) is 11.0. The second-order valence-corrected chi connectivity index (χ2v) is 18.7. The highest BCUT2D eigenvalue weighted by Crippen LogP contribution is 2.62. The minimum atomic E-state index is -0.998. The van der Waals surface area contributed by atoms with Crippen LogP contribution in [0.3, 0.4) is 0 Å². The maximum absolute atomic E-state index is 14.1. The fraction of sp³-hybridized carbons (Fsp3) is 0.811. The summed E-state index contributed by atoms with van der Waals surface area (Å²) in [6.07, 6.45) is 9.26. The number of hydrogen-bond acceptors (Lipinski definition) is 10. The predicted octanol–water partition coefficient (Wildman–Crippen LogP) is 1.11. The number of aliphatic hydroxyl groups excluding tert-OH is 1. The van der Waals surface area contributed by atoms with Gasteiger partial charge in [0.25, 0.3) is 0 Å². The number of rotatable bonds is 6. The second kappa shape index (κ2) is 15.0. The van der Waals surface area contributed by atoms with Crippen LogP contribution in [0.25, 0.3) is 0 Å². The van der Waals surface area contributed by atoms with Gasteiger partial charge in [0.15, 0.2) is 0 Å². The van der Waals surface area contributed by atoms with Crippen molar-refractivity contribution in [3.05, 3.63) is 23.3 Å². The molecular weight excluding hydrogens is 677 g/mol. The molecule has 0 aromatic carbocycles. The zero-order valence-corrected chi connectivity index (χ0v) is 31.6. The molecule has 7 N–H and O–H groups in total. The van der Waals surface area contributed by atoms with Crippen LogP contribution in [0.5, 0.6) is 0 Å². The summed E-state index contributed by atoms with van der Waals surface area (Å²) in [5.74, 6) is 2.58. The van der Waals surface area contributed by atoms with Gasteiger partial charge >= 0.3 is 11.9 Å². The maximum Gasteiger partial charge on any atom is 0.334 e. The number of nitrogens with zero attached hydrogens (tertiary/aromatic N) is 1. The number of carbonyl (C=O) groups is 3. The number of allylic oxidation sites excluding steroid dienone is 1. The third-order valence-corrected chi connectivity index (χ3v) is 15.8. The number of aliphatic hydroxyl groups is 1. The first-order chi connectivity index (χ1) is 24.1. The van der Waals surface area contributed by atoms with Gasteiger partial charge in [-0.05, 0) is 50.9 Å². The van der Waals surface area contributed by atoms with Crippen LogP contribution >= 0.6 is 21.6 Å². The number of piperidine rings is 1. The van der Waals surface area contributed by atoms with E-state index in [1.807, 2.05) is 28.5 Å². The minimum absolute atomic E-state index is 0.0620. The average Bonchev–Trinajstić information content (AvgIpc) is 3.45. The molecule has 0 radical (unpaired) electrons. The molecule has 6 fully saturated rings. The molecule has 1 saturated carbocycles. The second-order valence-electron chi connectivity index (χ2n) is 16.2. The van der Waals surface area contributed by atoms with Crippen LogP contribution in [-0.4, -0.2) is 108 Å². The molecule has 0 bridgehead atoms. The number of fused-ring (bicyclic) bond motifs is 7. The molecule has 11 nitrogen and oxygen atoms in total. The molecule has 7 rings (SSSR count). The Morgan fingerprint density at radius 3 is 2.84 bits per heavy atom. The van der Waals surface area contributed by atoms with E-state index >= 15 is 0 Å². The lowest BCUT2D eigenvalue weighted by molar-refractivity contribution is -0.706. The lowest BCUT2D eigenvalue weighted by atomic mass is 9.56. The molecule has 12 atom stereocenters. The van der Waals surface area contributed by atoms with Gasteiger partial charge in [-0.3, -0.25) is 15.3 Å². The Hall–Kier alpha value is -1.61. The fourth-order valence-electron chi connectivity index (χ4n) is 10.8. The van der Waals surface area contributed by atoms with E-state index in [-0.39, 0.29) is 73.0 Å². The first kappa shape index (κ1) is 36.7. The van der Waals surface area contributed by atoms with Gasteiger partial charge in [0.2, 0.25) is 5.91 Å². The third-order valence-electron chi connectivity index (χ3n) is 13.4. The van der Waals surface area contributed by atoms with Gasteiger partial charge in [-0.1, -0.05) is 39.3 Å². The monoisotopic (exact) mass is 734 g/mol. The van der Waals surface area contributed by atoms with E-state index in [0.29, 0.717) is 43.1 Å². The lowest BCUT2D eigenvalue weighted by Gasteiger charge is -2.56. The van der Waals surface area contributed by atoms with Gasteiger partial charge in [-0.2, -0.15) is 0 Å². The van der Waals surface area contributed by atoms with Crippen LogP contribution in [0.1, 0.15) is 71.6 Å². The minimum Gasteiger partial charge on any atom is -0.462 e. The van der Waals surface area contributed by atoms with E-state index in [2.05, 4.69) is 35.6 Å². The molecule has 0 aromatic heterocycles. The Morgan fingerprint density at radius 2 is 2.06 bits per heavy atom. The number of ether oxygens (including phenoxy) is 3. The molecule has 7 aliphatic rings. The van der Waals surface area contributed by atoms with Crippen LogP contribution in [-0.2, 0) is 28.6 Å². The predicted molar refractivity (Wildman–Crippen MR) is 191 cm³/mol. The first-order valence-electron chi connectivity index (χ1n) is 19.1. The van der Waals surface area contributed by atoms with Crippen LogP contribution in [0.15, 0.2) is 23.3 Å². The van der Waals surface area contributed by atoms with Gasteiger partial charge in [-0.15, -0.1) is 0 Å². The summed E-state index contributed by atoms with van der Waals surface area (Å²) in [6.45, 7) is 6.36. The summed E-state index contributed by atoms with van der Waals surface area (Å²) >= 11 is 0. The molecule has 5 saturated heterocycles. The molecule has 2 aliphatic carbocycles. The molecule has 13 heteroatoms. The average molecular weight is 735 g/mol. The smallest absolute Gasteiger partial charge is 0.334 e. The fourth-order valence-corrected chi connectivity index (χ4v) is 13.4. The summed E-state index contributed by atoms with van der Waals surface area (Å²) in [7, 11) is 5.85. The lowest BCUT2D eigenvalue weighted by Crippen LogP contribution is -2.96. The van der Waals surface area contributed by atoms with E-state index in [0.717, 1.165) is 56.8 Å². The van der Waals surface area contributed by atoms with Gasteiger partial charge in [0.05, 0.1) is 32.3 Å². The van der Waals surface area contributed by atoms with Crippen LogP contribution in [0.2, 0.25) is 0 Å². The van der Waals surface area contributed by atoms with Crippen LogP contribution in [0.4, 0.5) is 0 Å². The van der Waals surface area contributed by atoms with Crippen LogP contribution < -0.4 is 16.4 Å². The Morgan fingerprint density at radius 1 is 1.22 bits per heavy atom. The zero-order chi connectivity index (χ0) is 35.2. The van der Waals surface area contributed by atoms with Gasteiger partial charge in [0.1, 0.15) is 23.5 Å². The standard InChI is InChI=1S/C37H56N4O7S2/c1-4-21(8-10-42)35(45)48-36(2)9-7-23-19-49-50-20-28-26(16-39-3)18-41(28)32(43)12-25-17-40-31(38)13-27(25)34(23)37(36)15-24-11-22-5-6-33(44)46-29(22)14-30(24)47-37/h4,7,22,24-31,34,39-40,42H,5-6,8-20,38H2,1-3H3/p+2. The van der Waals surface area contributed by atoms with Crippen molar-refractivity contribution in [1.82, 2.24) is 4.90 Å². The molecule has 12 unspecified atom stereocenters. The normalized spacial score (nSPS) is 43.4. The van der Waals surface area contributed by atoms with E-state index in [9.17, 15) is 19.5 Å². The van der Waals surface area contributed by atoms with E-state index < -0.39 is 17.2 Å². The summed E-state index contributed by atoms with van der Waals surface area (Å²) < 4.78 is 20.1. The van der Waals surface area contributed by atoms with Crippen molar-refractivity contribution >= 4 is 39.4 Å². The first-order valence-corrected chi connectivity index (χ1v) is 21.5. The molecule has 0 aromatic rings. The van der Waals surface area contributed by atoms with E-state index in [4.69, 9.17) is 19.9 Å². The van der Waals surface area contributed by atoms with Gasteiger partial charge < -0.3 is 34.9 Å². The van der Waals surface area contributed by atoms with E-state index in [1.54, 1.807) is 6.08 Å². The number of nitrogens with two attached hydrogens (primary N) is 3. The highest BCUT2D eigenvalue weighted by Gasteiger charge is 2.68. The van der Waals surface area contributed by atoms with Crippen molar-refractivity contribution in [1.29, 1.82) is 0 Å². The van der Waals surface area contributed by atoms with Crippen molar-refractivity contribution in [2.75, 3.05) is 44.8 Å². The number of esters is 2. The number of amides is 1. The summed E-state index contributed by atoms with van der Waals surface area (Å²) in [5, 5.41) is 14.2. The topological polar surface area (TPSA) is 162 Å². The largest absolute Gasteiger partial charge is 0.462 e. The molecule has 278 valence electrons. The van der Waals surface area contributed by atoms with Crippen LogP contribution in [0, 0.1) is 35.5 Å². The maximum atomic E-state index is 14.1. The third kappa shape index (κ3) is 6.71. The molecular formula is C37H58N4O7S2+2. The quantitative estimate of drug-likeness (QED) is 0.135. The van der Waals surface area contributed by atoms with E-state index in [1.165, 1.54) is 5.57 Å². The molecule has 5 aliphatic heterocycles. The highest BCUT2D eigenvalue weighted by molar-refractivity contribution is 8.76. The molecule has 5 heterocycles. The number of quaternary nitrogens is 2. The van der Waals surface area contributed by atoms with Crippen molar-refractivity contribution in [3.8, 4) is 0 Å². The number of carbonyl (C=O) groups excluding carboxylic acids is 3. The van der Waals surface area contributed by atoms with Gasteiger partial charge in [0, 0.05) is 86.5 Å². The Bertz CT molecular complexity index is 1380. The summed E-state index contributed by atoms with van der Waals surface area (Å²) in [5.41, 5.74) is 6.70. The Balaban J connectivity index is 1.28. The highest BCUT2D eigenvalue weighted by atomic mass is 33.1.